The van der Waals surface area contributed by atoms with Gasteiger partial charge in [-0.1, -0.05) is 141 Å². The number of Topliss-reactive ketones (excluding diaryl/α,β-unsaturated/α-hetero) is 2. The van der Waals surface area contributed by atoms with Crippen LogP contribution in [0.5, 0.6) is 0 Å². The Labute approximate surface area is 298 Å². The molecule has 0 heterocycles. The standard InChI is InChI=1S/C43H79NO4/c1-6-8-10-12-14-16-18-20-22-24-26-28-30-32-34-36-41(46)40(38-44(4)5)43(48-39(3)45)42(47)37-35-33-31-29-27-25-23-21-19-17-15-13-11-9-7-2/h20-23,40,43H,6-19,24-38H2,1-5H3/b22-20-,23-21-. The van der Waals surface area contributed by atoms with Crippen LogP contribution in [-0.4, -0.2) is 49.2 Å². The molecule has 0 saturated carbocycles. The third-order valence-electron chi connectivity index (χ3n) is 9.32. The topological polar surface area (TPSA) is 63.7 Å². The van der Waals surface area contributed by atoms with Crippen LogP contribution in [-0.2, 0) is 19.1 Å². The lowest BCUT2D eigenvalue weighted by Gasteiger charge is -2.27. The quantitative estimate of drug-likeness (QED) is 0.0376. The highest BCUT2D eigenvalue weighted by molar-refractivity contribution is 5.93. The zero-order chi connectivity index (χ0) is 35.5. The van der Waals surface area contributed by atoms with E-state index in [1.54, 1.807) is 0 Å². The van der Waals surface area contributed by atoms with Crippen molar-refractivity contribution in [3.63, 3.8) is 0 Å². The van der Waals surface area contributed by atoms with Crippen molar-refractivity contribution in [1.82, 2.24) is 4.90 Å². The zero-order valence-corrected chi connectivity index (χ0v) is 32.6. The Hall–Kier alpha value is -1.75. The minimum Gasteiger partial charge on any atom is -0.454 e. The van der Waals surface area contributed by atoms with Crippen molar-refractivity contribution in [3.8, 4) is 0 Å². The van der Waals surface area contributed by atoms with Gasteiger partial charge in [0.25, 0.3) is 0 Å². The molecule has 0 aromatic carbocycles. The van der Waals surface area contributed by atoms with Gasteiger partial charge in [-0.3, -0.25) is 14.4 Å². The minimum atomic E-state index is -0.975. The maximum absolute atomic E-state index is 13.4. The lowest BCUT2D eigenvalue weighted by Crippen LogP contribution is -2.43. The van der Waals surface area contributed by atoms with Gasteiger partial charge in [-0.15, -0.1) is 0 Å². The second-order valence-electron chi connectivity index (χ2n) is 14.5. The molecule has 2 unspecified atom stereocenters. The maximum Gasteiger partial charge on any atom is 0.303 e. The number of unbranched alkanes of at least 4 members (excludes halogenated alkanes) is 22. The molecular formula is C43H79NO4. The third-order valence-corrected chi connectivity index (χ3v) is 9.32. The number of nitrogens with zero attached hydrogens (tertiary/aromatic N) is 1. The Morgan fingerprint density at radius 3 is 1.19 bits per heavy atom. The van der Waals surface area contributed by atoms with Gasteiger partial charge in [0.1, 0.15) is 5.78 Å². The van der Waals surface area contributed by atoms with Gasteiger partial charge in [-0.2, -0.15) is 0 Å². The molecule has 0 amide bonds. The molecule has 0 spiro atoms. The van der Waals surface area contributed by atoms with E-state index in [-0.39, 0.29) is 11.6 Å². The van der Waals surface area contributed by atoms with Crippen molar-refractivity contribution in [2.24, 2.45) is 5.92 Å². The van der Waals surface area contributed by atoms with Crippen LogP contribution in [0.15, 0.2) is 24.3 Å². The van der Waals surface area contributed by atoms with Crippen molar-refractivity contribution < 1.29 is 19.1 Å². The van der Waals surface area contributed by atoms with Crippen LogP contribution in [0.4, 0.5) is 0 Å². The normalized spacial score (nSPS) is 13.1. The zero-order valence-electron chi connectivity index (χ0n) is 32.6. The predicted octanol–water partition coefficient (Wildman–Crippen LogP) is 12.3. The number of hydrogen-bond donors (Lipinski definition) is 0. The van der Waals surface area contributed by atoms with Gasteiger partial charge < -0.3 is 9.64 Å². The fourth-order valence-corrected chi connectivity index (χ4v) is 6.38. The van der Waals surface area contributed by atoms with Crippen LogP contribution in [0.2, 0.25) is 0 Å². The Morgan fingerprint density at radius 2 is 0.833 bits per heavy atom. The number of esters is 1. The lowest BCUT2D eigenvalue weighted by molar-refractivity contribution is -0.159. The summed E-state index contributed by atoms with van der Waals surface area (Å²) in [6.45, 7) is 6.28. The lowest BCUT2D eigenvalue weighted by atomic mass is 9.88. The number of carbonyl (C=O) groups is 3. The predicted molar refractivity (Wildman–Crippen MR) is 207 cm³/mol. The van der Waals surface area contributed by atoms with Crippen molar-refractivity contribution >= 4 is 17.5 Å². The van der Waals surface area contributed by atoms with E-state index in [4.69, 9.17) is 4.74 Å². The van der Waals surface area contributed by atoms with Gasteiger partial charge in [0.15, 0.2) is 11.9 Å². The summed E-state index contributed by atoms with van der Waals surface area (Å²) in [6, 6.07) is 0. The molecule has 5 nitrogen and oxygen atoms in total. The molecule has 2 atom stereocenters. The summed E-state index contributed by atoms with van der Waals surface area (Å²) >= 11 is 0. The first kappa shape index (κ1) is 46.2. The summed E-state index contributed by atoms with van der Waals surface area (Å²) in [6.07, 6.45) is 40.6. The summed E-state index contributed by atoms with van der Waals surface area (Å²) < 4.78 is 5.55. The number of allylic oxidation sites excluding steroid dienone is 4. The monoisotopic (exact) mass is 674 g/mol. The van der Waals surface area contributed by atoms with Gasteiger partial charge in [-0.25, -0.2) is 0 Å². The molecule has 0 fully saturated rings. The number of carbonyl (C=O) groups excluding carboxylic acids is 3. The van der Waals surface area contributed by atoms with Crippen LogP contribution in [0, 0.1) is 5.92 Å². The summed E-state index contributed by atoms with van der Waals surface area (Å²) in [5.41, 5.74) is 0. The average Bonchev–Trinajstić information content (AvgIpc) is 3.05. The maximum atomic E-state index is 13.4. The van der Waals surface area contributed by atoms with Gasteiger partial charge in [0, 0.05) is 26.3 Å². The molecule has 0 aromatic rings. The summed E-state index contributed by atoms with van der Waals surface area (Å²) in [5, 5.41) is 0. The highest BCUT2D eigenvalue weighted by Gasteiger charge is 2.35. The van der Waals surface area contributed by atoms with Crippen LogP contribution < -0.4 is 0 Å². The van der Waals surface area contributed by atoms with E-state index < -0.39 is 18.0 Å². The van der Waals surface area contributed by atoms with E-state index in [0.29, 0.717) is 19.4 Å². The molecular weight excluding hydrogens is 594 g/mol. The summed E-state index contributed by atoms with van der Waals surface area (Å²) in [7, 11) is 3.81. The van der Waals surface area contributed by atoms with Crippen LogP contribution >= 0.6 is 0 Å². The van der Waals surface area contributed by atoms with E-state index in [1.807, 2.05) is 19.0 Å². The van der Waals surface area contributed by atoms with Crippen LogP contribution in [0.25, 0.3) is 0 Å². The molecule has 5 heteroatoms. The van der Waals surface area contributed by atoms with E-state index in [9.17, 15) is 14.4 Å². The fraction of sp³-hybridized carbons (Fsp3) is 0.837. The highest BCUT2D eigenvalue weighted by atomic mass is 16.5. The Kier molecular flexibility index (Phi) is 33.8. The molecule has 48 heavy (non-hydrogen) atoms. The van der Waals surface area contributed by atoms with E-state index in [0.717, 1.165) is 51.4 Å². The first-order valence-corrected chi connectivity index (χ1v) is 20.5. The second-order valence-corrected chi connectivity index (χ2v) is 14.5. The molecule has 0 aliphatic carbocycles. The molecule has 0 aliphatic heterocycles. The van der Waals surface area contributed by atoms with E-state index in [1.165, 1.54) is 122 Å². The summed E-state index contributed by atoms with van der Waals surface area (Å²) in [5.74, 6) is -1.15. The Morgan fingerprint density at radius 1 is 0.500 bits per heavy atom. The first-order chi connectivity index (χ1) is 23.3. The molecule has 0 saturated heterocycles. The van der Waals surface area contributed by atoms with Gasteiger partial charge in [-0.05, 0) is 78.3 Å². The number of ether oxygens (including phenoxy) is 1. The highest BCUT2D eigenvalue weighted by Crippen LogP contribution is 2.20. The van der Waals surface area contributed by atoms with Crippen molar-refractivity contribution in [2.75, 3.05) is 20.6 Å². The van der Waals surface area contributed by atoms with Crippen LogP contribution in [0.3, 0.4) is 0 Å². The second kappa shape index (κ2) is 35.1. The van der Waals surface area contributed by atoms with Gasteiger partial charge in [0.2, 0.25) is 0 Å². The smallest absolute Gasteiger partial charge is 0.303 e. The molecule has 0 bridgehead atoms. The average molecular weight is 674 g/mol. The molecule has 280 valence electrons. The fourth-order valence-electron chi connectivity index (χ4n) is 6.38. The number of hydrogen-bond acceptors (Lipinski definition) is 5. The number of ketones is 2. The molecule has 0 N–H and O–H groups in total. The van der Waals surface area contributed by atoms with Crippen LogP contribution in [0.1, 0.15) is 201 Å². The Balaban J connectivity index is 4.33. The molecule has 0 radical (unpaired) electrons. The van der Waals surface area contributed by atoms with Gasteiger partial charge >= 0.3 is 5.97 Å². The first-order valence-electron chi connectivity index (χ1n) is 20.5. The van der Waals surface area contributed by atoms with Crippen molar-refractivity contribution in [1.29, 1.82) is 0 Å². The SMILES string of the molecule is CCCCCCCC/C=C\CCCCCCCC(=O)C(CN(C)C)C(OC(C)=O)C(=O)CCCCCCC/C=C\CCCCCCCC. The van der Waals surface area contributed by atoms with E-state index in [2.05, 4.69) is 38.2 Å². The molecule has 0 aromatic heterocycles. The largest absolute Gasteiger partial charge is 0.454 e. The summed E-state index contributed by atoms with van der Waals surface area (Å²) in [4.78, 5) is 40.6. The molecule has 0 aliphatic rings. The molecule has 0 rings (SSSR count). The minimum absolute atomic E-state index is 0.0467. The Bertz CT molecular complexity index is 818. The van der Waals surface area contributed by atoms with Crippen molar-refractivity contribution in [3.05, 3.63) is 24.3 Å². The van der Waals surface area contributed by atoms with Gasteiger partial charge in [0.05, 0.1) is 5.92 Å². The number of rotatable bonds is 36. The van der Waals surface area contributed by atoms with Crippen molar-refractivity contribution in [2.45, 2.75) is 207 Å². The van der Waals surface area contributed by atoms with E-state index >= 15 is 0 Å². The third kappa shape index (κ3) is 30.3.